The summed E-state index contributed by atoms with van der Waals surface area (Å²) in [4.78, 5) is 2.50. The van der Waals surface area contributed by atoms with Crippen molar-refractivity contribution in [3.8, 4) is 0 Å². The quantitative estimate of drug-likeness (QED) is 0.867. The maximum absolute atomic E-state index is 5.66. The van der Waals surface area contributed by atoms with E-state index in [-0.39, 0.29) is 0 Å². The minimum Gasteiger partial charge on any atom is -0.425 e. The maximum Gasteiger partial charge on any atom is 0.221 e. The van der Waals surface area contributed by atoms with Crippen LogP contribution in [-0.4, -0.2) is 37.5 Å². The number of likely N-dealkylation sites (tertiary alicyclic amines) is 1. The average Bonchev–Trinajstić information content (AvgIpc) is 3.01. The summed E-state index contributed by atoms with van der Waals surface area (Å²) in [5, 5.41) is 12.5. The molecule has 0 N–H and O–H groups in total. The number of aryl methyl sites for hydroxylation is 3. The van der Waals surface area contributed by atoms with Crippen LogP contribution in [-0.2, 0) is 13.6 Å². The predicted octanol–water partition coefficient (Wildman–Crippen LogP) is 2.19. The van der Waals surface area contributed by atoms with E-state index in [4.69, 9.17) is 4.42 Å². The first-order valence-corrected chi connectivity index (χ1v) is 7.57. The van der Waals surface area contributed by atoms with Crippen LogP contribution >= 0.6 is 0 Å². The van der Waals surface area contributed by atoms with E-state index in [1.807, 2.05) is 24.9 Å². The summed E-state index contributed by atoms with van der Waals surface area (Å²) in [6.07, 6.45) is 4.21. The van der Waals surface area contributed by atoms with Gasteiger partial charge in [0.2, 0.25) is 11.8 Å². The molecule has 0 radical (unpaired) electrons. The average molecular weight is 289 g/mol. The van der Waals surface area contributed by atoms with Crippen molar-refractivity contribution in [2.45, 2.75) is 52.1 Å². The van der Waals surface area contributed by atoms with Gasteiger partial charge in [0.05, 0.1) is 17.8 Å². The Morgan fingerprint density at radius 1 is 1.33 bits per heavy atom. The van der Waals surface area contributed by atoms with Gasteiger partial charge in [0, 0.05) is 26.6 Å². The van der Waals surface area contributed by atoms with E-state index < -0.39 is 0 Å². The molecule has 0 aromatic carbocycles. The number of aromatic nitrogens is 4. The smallest absolute Gasteiger partial charge is 0.221 e. The lowest BCUT2D eigenvalue weighted by Crippen LogP contribution is -2.42. The second-order valence-electron chi connectivity index (χ2n) is 6.02. The van der Waals surface area contributed by atoms with Gasteiger partial charge in [-0.25, -0.2) is 0 Å². The Morgan fingerprint density at radius 2 is 2.14 bits per heavy atom. The highest BCUT2D eigenvalue weighted by Crippen LogP contribution is 2.32. The van der Waals surface area contributed by atoms with Crippen LogP contribution < -0.4 is 0 Å². The first kappa shape index (κ1) is 14.3. The zero-order valence-electron chi connectivity index (χ0n) is 13.2. The molecule has 2 aromatic rings. The molecule has 0 aliphatic carbocycles. The van der Waals surface area contributed by atoms with Crippen LogP contribution in [0.3, 0.4) is 0 Å². The van der Waals surface area contributed by atoms with E-state index in [1.165, 1.54) is 11.3 Å². The van der Waals surface area contributed by atoms with Crippen LogP contribution in [0.25, 0.3) is 0 Å². The van der Waals surface area contributed by atoms with Crippen LogP contribution in [0.5, 0.6) is 0 Å². The van der Waals surface area contributed by atoms with Gasteiger partial charge in [-0.1, -0.05) is 0 Å². The van der Waals surface area contributed by atoms with Crippen LogP contribution in [0.15, 0.2) is 10.6 Å². The Labute approximate surface area is 125 Å². The van der Waals surface area contributed by atoms with Crippen molar-refractivity contribution in [3.63, 3.8) is 0 Å². The van der Waals surface area contributed by atoms with Crippen molar-refractivity contribution in [1.82, 2.24) is 24.9 Å². The lowest BCUT2D eigenvalue weighted by Gasteiger charge is -2.37. The molecule has 0 bridgehead atoms. The number of rotatable bonds is 3. The molecule has 0 amide bonds. The van der Waals surface area contributed by atoms with Crippen molar-refractivity contribution >= 4 is 0 Å². The van der Waals surface area contributed by atoms with Gasteiger partial charge in [-0.05, 0) is 38.8 Å². The fraction of sp³-hybridized carbons (Fsp3) is 0.667. The summed E-state index contributed by atoms with van der Waals surface area (Å²) < 4.78 is 7.63. The van der Waals surface area contributed by atoms with Crippen molar-refractivity contribution in [3.05, 3.63) is 29.2 Å². The molecule has 0 saturated carbocycles. The Kier molecular flexibility index (Phi) is 3.80. The van der Waals surface area contributed by atoms with Gasteiger partial charge in [0.25, 0.3) is 0 Å². The zero-order valence-corrected chi connectivity index (χ0v) is 13.2. The SMILES string of the molecule is Cc1nnc([C@H]2CCCN(Cc3c(C)cnn3C)[C@H]2C)o1. The Balaban J connectivity index is 1.77. The molecular formula is C15H23N5O. The fourth-order valence-corrected chi connectivity index (χ4v) is 3.22. The van der Waals surface area contributed by atoms with Gasteiger partial charge in [-0.3, -0.25) is 9.58 Å². The van der Waals surface area contributed by atoms with Crippen molar-refractivity contribution in [2.24, 2.45) is 7.05 Å². The molecule has 2 aromatic heterocycles. The standard InChI is InChI=1S/C15H23N5O/c1-10-8-16-19(4)14(10)9-20-7-5-6-13(11(20)2)15-18-17-12(3)21-15/h8,11,13H,5-7,9H2,1-4H3/t11-,13-/m0/s1. The minimum atomic E-state index is 0.327. The molecular weight excluding hydrogens is 266 g/mol. The van der Waals surface area contributed by atoms with Crippen LogP contribution in [0.1, 0.15) is 48.7 Å². The van der Waals surface area contributed by atoms with E-state index in [0.717, 1.165) is 31.8 Å². The molecule has 0 unspecified atom stereocenters. The number of nitrogens with zero attached hydrogens (tertiary/aromatic N) is 5. The Bertz CT molecular complexity index is 598. The molecule has 1 aliphatic rings. The summed E-state index contributed by atoms with van der Waals surface area (Å²) >= 11 is 0. The third kappa shape index (κ3) is 2.72. The summed E-state index contributed by atoms with van der Waals surface area (Å²) in [6.45, 7) is 8.26. The largest absolute Gasteiger partial charge is 0.425 e. The summed E-state index contributed by atoms with van der Waals surface area (Å²) in [7, 11) is 2.01. The van der Waals surface area contributed by atoms with E-state index in [9.17, 15) is 0 Å². The Hall–Kier alpha value is -1.69. The third-order valence-corrected chi connectivity index (χ3v) is 4.60. The van der Waals surface area contributed by atoms with Gasteiger partial charge in [-0.2, -0.15) is 5.10 Å². The first-order chi connectivity index (χ1) is 10.1. The highest BCUT2D eigenvalue weighted by atomic mass is 16.4. The molecule has 3 heterocycles. The molecule has 1 aliphatic heterocycles. The summed E-state index contributed by atoms with van der Waals surface area (Å²) in [6, 6.07) is 0.396. The van der Waals surface area contributed by atoms with Gasteiger partial charge in [0.15, 0.2) is 0 Å². The van der Waals surface area contributed by atoms with Gasteiger partial charge < -0.3 is 4.42 Å². The van der Waals surface area contributed by atoms with E-state index >= 15 is 0 Å². The summed E-state index contributed by atoms with van der Waals surface area (Å²) in [5.74, 6) is 1.76. The fourth-order valence-electron chi connectivity index (χ4n) is 3.22. The molecule has 2 atom stereocenters. The molecule has 6 nitrogen and oxygen atoms in total. The lowest BCUT2D eigenvalue weighted by atomic mass is 9.90. The van der Waals surface area contributed by atoms with Crippen LogP contribution in [0.2, 0.25) is 0 Å². The predicted molar refractivity (Wildman–Crippen MR) is 78.8 cm³/mol. The van der Waals surface area contributed by atoms with Gasteiger partial charge >= 0.3 is 0 Å². The number of hydrogen-bond acceptors (Lipinski definition) is 5. The van der Waals surface area contributed by atoms with Gasteiger partial charge in [-0.15, -0.1) is 10.2 Å². The molecule has 1 saturated heterocycles. The maximum atomic E-state index is 5.66. The zero-order chi connectivity index (χ0) is 15.0. The molecule has 0 spiro atoms. The molecule has 21 heavy (non-hydrogen) atoms. The highest BCUT2D eigenvalue weighted by Gasteiger charge is 2.33. The van der Waals surface area contributed by atoms with E-state index in [2.05, 4.69) is 34.0 Å². The normalized spacial score (nSPS) is 23.6. The minimum absolute atomic E-state index is 0.327. The van der Waals surface area contributed by atoms with Crippen LogP contribution in [0.4, 0.5) is 0 Å². The second kappa shape index (κ2) is 5.60. The monoisotopic (exact) mass is 289 g/mol. The van der Waals surface area contributed by atoms with Crippen molar-refractivity contribution in [2.75, 3.05) is 6.54 Å². The highest BCUT2D eigenvalue weighted by molar-refractivity contribution is 5.15. The lowest BCUT2D eigenvalue weighted by molar-refractivity contribution is 0.115. The third-order valence-electron chi connectivity index (χ3n) is 4.60. The second-order valence-corrected chi connectivity index (χ2v) is 6.02. The Morgan fingerprint density at radius 3 is 2.76 bits per heavy atom. The van der Waals surface area contributed by atoms with Gasteiger partial charge in [0.1, 0.15) is 0 Å². The van der Waals surface area contributed by atoms with E-state index in [0.29, 0.717) is 17.9 Å². The summed E-state index contributed by atoms with van der Waals surface area (Å²) in [5.41, 5.74) is 2.53. The molecule has 1 fully saturated rings. The molecule has 6 heteroatoms. The van der Waals surface area contributed by atoms with Crippen LogP contribution in [0, 0.1) is 13.8 Å². The van der Waals surface area contributed by atoms with E-state index in [1.54, 1.807) is 0 Å². The topological polar surface area (TPSA) is 60.0 Å². The molecule has 3 rings (SSSR count). The first-order valence-electron chi connectivity index (χ1n) is 7.57. The molecule has 114 valence electrons. The number of hydrogen-bond donors (Lipinski definition) is 0. The van der Waals surface area contributed by atoms with Crippen molar-refractivity contribution in [1.29, 1.82) is 0 Å². The number of piperidine rings is 1. The van der Waals surface area contributed by atoms with Crippen molar-refractivity contribution < 1.29 is 4.42 Å².